The van der Waals surface area contributed by atoms with Gasteiger partial charge in [0.2, 0.25) is 0 Å². The van der Waals surface area contributed by atoms with Crippen molar-refractivity contribution in [3.05, 3.63) is 0 Å². The zero-order valence-electron chi connectivity index (χ0n) is 6.97. The lowest BCUT2D eigenvalue weighted by molar-refractivity contribution is -0.121. The van der Waals surface area contributed by atoms with Crippen molar-refractivity contribution in [2.75, 3.05) is 14.2 Å². The van der Waals surface area contributed by atoms with Gasteiger partial charge >= 0.3 is 0 Å². The molecule has 60 valence electrons. The number of methoxy groups -OCH3 is 1. The zero-order valence-corrected chi connectivity index (χ0v) is 6.97. The molecule has 1 N–H and O–H groups in total. The summed E-state index contributed by atoms with van der Waals surface area (Å²) in [6.07, 6.45) is -0.0532. The van der Waals surface area contributed by atoms with Crippen LogP contribution in [-0.4, -0.2) is 32.1 Å². The molecule has 3 nitrogen and oxygen atoms in total. The largest absolute Gasteiger partial charge is 0.380 e. The predicted octanol–water partition coefficient (Wildman–Crippen LogP) is 0.198. The van der Waals surface area contributed by atoms with Crippen LogP contribution in [0.3, 0.4) is 0 Å². The Morgan fingerprint density at radius 2 is 2.10 bits per heavy atom. The fraction of sp³-hybridized carbons (Fsp3) is 0.857. The van der Waals surface area contributed by atoms with Crippen molar-refractivity contribution in [1.29, 1.82) is 0 Å². The van der Waals surface area contributed by atoms with E-state index in [1.807, 2.05) is 6.92 Å². The fourth-order valence-electron chi connectivity index (χ4n) is 0.905. The molecule has 0 fully saturated rings. The second kappa shape index (κ2) is 4.41. The lowest BCUT2D eigenvalue weighted by Crippen LogP contribution is -2.42. The summed E-state index contributed by atoms with van der Waals surface area (Å²) in [7, 11) is 3.35. The summed E-state index contributed by atoms with van der Waals surface area (Å²) in [6.45, 7) is 3.42. The van der Waals surface area contributed by atoms with E-state index < -0.39 is 0 Å². The van der Waals surface area contributed by atoms with E-state index in [9.17, 15) is 4.79 Å². The second-order valence-electron chi connectivity index (χ2n) is 2.32. The third kappa shape index (κ3) is 2.45. The van der Waals surface area contributed by atoms with Crippen LogP contribution in [0.1, 0.15) is 13.8 Å². The Hall–Kier alpha value is -0.410. The van der Waals surface area contributed by atoms with E-state index in [2.05, 4.69) is 5.32 Å². The van der Waals surface area contributed by atoms with Gasteiger partial charge in [0.25, 0.3) is 0 Å². The maximum absolute atomic E-state index is 10.8. The molecule has 0 aliphatic rings. The first-order chi connectivity index (χ1) is 4.63. The third-order valence-electron chi connectivity index (χ3n) is 1.59. The number of rotatable bonds is 4. The van der Waals surface area contributed by atoms with E-state index in [4.69, 9.17) is 4.74 Å². The summed E-state index contributed by atoms with van der Waals surface area (Å²) >= 11 is 0. The molecular formula is C7H15NO2. The van der Waals surface area contributed by atoms with Gasteiger partial charge in [-0.1, -0.05) is 0 Å². The molecule has 0 saturated carbocycles. The van der Waals surface area contributed by atoms with Gasteiger partial charge in [0.15, 0.2) is 0 Å². The molecule has 3 heteroatoms. The summed E-state index contributed by atoms with van der Waals surface area (Å²) < 4.78 is 4.98. The standard InChI is InChI=1S/C7H15NO2/c1-5(9)7(8-3)6(2)10-4/h6-8H,1-4H3. The van der Waals surface area contributed by atoms with E-state index >= 15 is 0 Å². The van der Waals surface area contributed by atoms with Crippen LogP contribution in [0.4, 0.5) is 0 Å². The van der Waals surface area contributed by atoms with Crippen molar-refractivity contribution in [3.8, 4) is 0 Å². The zero-order chi connectivity index (χ0) is 8.15. The summed E-state index contributed by atoms with van der Waals surface area (Å²) in [4.78, 5) is 10.8. The molecule has 0 aromatic heterocycles. The molecule has 0 aliphatic carbocycles. The molecule has 0 aromatic rings. The molecule has 0 heterocycles. The van der Waals surface area contributed by atoms with Gasteiger partial charge < -0.3 is 10.1 Å². The first-order valence-electron chi connectivity index (χ1n) is 3.34. The number of ether oxygens (including phenoxy) is 1. The Bertz CT molecular complexity index is 114. The predicted molar refractivity (Wildman–Crippen MR) is 40.0 cm³/mol. The monoisotopic (exact) mass is 145 g/mol. The van der Waals surface area contributed by atoms with E-state index in [1.165, 1.54) is 0 Å². The van der Waals surface area contributed by atoms with Crippen LogP contribution in [0, 0.1) is 0 Å². The molecule has 2 atom stereocenters. The Balaban J connectivity index is 3.92. The molecule has 2 unspecified atom stereocenters. The minimum atomic E-state index is -0.176. The number of hydrogen-bond acceptors (Lipinski definition) is 3. The molecule has 0 aliphatic heterocycles. The van der Waals surface area contributed by atoms with Crippen molar-refractivity contribution < 1.29 is 9.53 Å². The number of carbonyl (C=O) groups excluding carboxylic acids is 1. The highest BCUT2D eigenvalue weighted by Gasteiger charge is 2.18. The smallest absolute Gasteiger partial charge is 0.149 e. The Labute approximate surface area is 61.8 Å². The van der Waals surface area contributed by atoms with E-state index in [0.29, 0.717) is 0 Å². The molecule has 0 saturated heterocycles. The van der Waals surface area contributed by atoms with Crippen molar-refractivity contribution in [1.82, 2.24) is 5.32 Å². The first-order valence-corrected chi connectivity index (χ1v) is 3.34. The Kier molecular flexibility index (Phi) is 4.23. The molecule has 10 heavy (non-hydrogen) atoms. The number of likely N-dealkylation sites (N-methyl/N-ethyl adjacent to an activating group) is 1. The topological polar surface area (TPSA) is 38.3 Å². The van der Waals surface area contributed by atoms with Crippen LogP contribution in [0.15, 0.2) is 0 Å². The number of Topliss-reactive ketones (excluding diaryl/α,β-unsaturated/α-hetero) is 1. The van der Waals surface area contributed by atoms with Crippen LogP contribution in [0.2, 0.25) is 0 Å². The lowest BCUT2D eigenvalue weighted by Gasteiger charge is -2.18. The van der Waals surface area contributed by atoms with Gasteiger partial charge in [0.1, 0.15) is 5.78 Å². The van der Waals surface area contributed by atoms with E-state index in [1.54, 1.807) is 21.1 Å². The van der Waals surface area contributed by atoms with Gasteiger partial charge in [0, 0.05) is 7.11 Å². The average Bonchev–Trinajstić information content (AvgIpc) is 1.88. The second-order valence-corrected chi connectivity index (χ2v) is 2.32. The first kappa shape index (κ1) is 9.59. The molecule has 0 spiro atoms. The van der Waals surface area contributed by atoms with Crippen LogP contribution in [0.25, 0.3) is 0 Å². The van der Waals surface area contributed by atoms with Gasteiger partial charge in [-0.2, -0.15) is 0 Å². The lowest BCUT2D eigenvalue weighted by atomic mass is 10.1. The summed E-state index contributed by atoms with van der Waals surface area (Å²) in [5.41, 5.74) is 0. The van der Waals surface area contributed by atoms with Crippen molar-refractivity contribution in [2.45, 2.75) is 26.0 Å². The third-order valence-corrected chi connectivity index (χ3v) is 1.59. The highest BCUT2D eigenvalue weighted by atomic mass is 16.5. The molecular weight excluding hydrogens is 130 g/mol. The fourth-order valence-corrected chi connectivity index (χ4v) is 0.905. The minimum Gasteiger partial charge on any atom is -0.380 e. The number of carbonyl (C=O) groups is 1. The van der Waals surface area contributed by atoms with Gasteiger partial charge in [-0.25, -0.2) is 0 Å². The van der Waals surface area contributed by atoms with Crippen LogP contribution in [-0.2, 0) is 9.53 Å². The van der Waals surface area contributed by atoms with Crippen LogP contribution < -0.4 is 5.32 Å². The van der Waals surface area contributed by atoms with Gasteiger partial charge in [-0.05, 0) is 20.9 Å². The van der Waals surface area contributed by atoms with Crippen molar-refractivity contribution in [3.63, 3.8) is 0 Å². The number of ketones is 1. The van der Waals surface area contributed by atoms with Gasteiger partial charge in [-0.3, -0.25) is 4.79 Å². The summed E-state index contributed by atoms with van der Waals surface area (Å²) in [6, 6.07) is -0.176. The van der Waals surface area contributed by atoms with E-state index in [-0.39, 0.29) is 17.9 Å². The Morgan fingerprint density at radius 1 is 1.60 bits per heavy atom. The summed E-state index contributed by atoms with van der Waals surface area (Å²) in [5, 5.41) is 2.88. The SMILES string of the molecule is CNC(C(C)=O)C(C)OC. The maximum atomic E-state index is 10.8. The van der Waals surface area contributed by atoms with Gasteiger partial charge in [0.05, 0.1) is 12.1 Å². The van der Waals surface area contributed by atoms with E-state index in [0.717, 1.165) is 0 Å². The molecule has 0 aromatic carbocycles. The number of hydrogen-bond donors (Lipinski definition) is 1. The average molecular weight is 145 g/mol. The van der Waals surface area contributed by atoms with Crippen LogP contribution >= 0.6 is 0 Å². The highest BCUT2D eigenvalue weighted by molar-refractivity contribution is 5.82. The van der Waals surface area contributed by atoms with Gasteiger partial charge in [-0.15, -0.1) is 0 Å². The van der Waals surface area contributed by atoms with Crippen molar-refractivity contribution in [2.24, 2.45) is 0 Å². The highest BCUT2D eigenvalue weighted by Crippen LogP contribution is 1.97. The minimum absolute atomic E-state index is 0.0532. The number of nitrogens with one attached hydrogen (secondary N) is 1. The molecule has 0 amide bonds. The quantitative estimate of drug-likeness (QED) is 0.614. The molecule has 0 rings (SSSR count). The normalized spacial score (nSPS) is 16.4. The summed E-state index contributed by atoms with van der Waals surface area (Å²) in [5.74, 6) is 0.108. The van der Waals surface area contributed by atoms with Crippen LogP contribution in [0.5, 0.6) is 0 Å². The molecule has 0 bridgehead atoms. The van der Waals surface area contributed by atoms with Crippen molar-refractivity contribution >= 4 is 5.78 Å². The molecule has 0 radical (unpaired) electrons. The maximum Gasteiger partial charge on any atom is 0.149 e. The Morgan fingerprint density at radius 3 is 2.20 bits per heavy atom.